The van der Waals surface area contributed by atoms with Crippen LogP contribution in [0.2, 0.25) is 5.02 Å². The first-order valence-corrected chi connectivity index (χ1v) is 6.68. The molecule has 0 radical (unpaired) electrons. The first-order valence-electron chi connectivity index (χ1n) is 5.48. The van der Waals surface area contributed by atoms with E-state index < -0.39 is 0 Å². The van der Waals surface area contributed by atoms with Gasteiger partial charge < -0.3 is 10.4 Å². The van der Waals surface area contributed by atoms with E-state index >= 15 is 0 Å². The fraction of sp³-hybridized carbons (Fsp3) is 0.154. The molecule has 2 N–H and O–H groups in total. The molecule has 5 heteroatoms. The van der Waals surface area contributed by atoms with Crippen LogP contribution in [-0.4, -0.2) is 11.0 Å². The molecule has 1 aromatic carbocycles. The summed E-state index contributed by atoms with van der Waals surface area (Å²) in [6, 6.07) is 8.36. The molecule has 0 aliphatic carbocycles. The summed E-state index contributed by atoms with van der Waals surface area (Å²) in [4.78, 5) is 13.7. The maximum atomic E-state index is 11.9. The van der Waals surface area contributed by atoms with Gasteiger partial charge in [0, 0.05) is 16.6 Å². The highest BCUT2D eigenvalue weighted by molar-refractivity contribution is 7.14. The zero-order valence-corrected chi connectivity index (χ0v) is 11.3. The fourth-order valence-corrected chi connectivity index (χ4v) is 2.43. The first-order chi connectivity index (χ1) is 8.60. The minimum atomic E-state index is -0.179. The Morgan fingerprint density at radius 1 is 1.39 bits per heavy atom. The summed E-state index contributed by atoms with van der Waals surface area (Å²) in [6.45, 7) is 2.05. The van der Waals surface area contributed by atoms with E-state index in [-0.39, 0.29) is 16.7 Å². The second-order valence-electron chi connectivity index (χ2n) is 3.74. The van der Waals surface area contributed by atoms with Gasteiger partial charge in [0.25, 0.3) is 5.91 Å². The van der Waals surface area contributed by atoms with Crippen LogP contribution in [0.3, 0.4) is 0 Å². The summed E-state index contributed by atoms with van der Waals surface area (Å²) >= 11 is 7.16. The molecule has 1 amide bonds. The Morgan fingerprint density at radius 2 is 2.17 bits per heavy atom. The third-order valence-electron chi connectivity index (χ3n) is 2.44. The normalized spacial score (nSPS) is 10.3. The number of aryl methyl sites for hydroxylation is 1. The predicted octanol–water partition coefficient (Wildman–Crippen LogP) is 3.92. The fourth-order valence-electron chi connectivity index (χ4n) is 1.47. The number of phenolic OH excluding ortho intramolecular Hbond substituents is 1. The molecule has 0 spiro atoms. The molecule has 1 aromatic heterocycles. The van der Waals surface area contributed by atoms with Crippen molar-refractivity contribution < 1.29 is 9.90 Å². The van der Waals surface area contributed by atoms with Crippen molar-refractivity contribution in [2.24, 2.45) is 0 Å². The number of nitrogens with one attached hydrogen (secondary N) is 1. The minimum absolute atomic E-state index is 0.0464. The standard InChI is InChI=1S/C13H12ClNO2S/c1-2-9-4-6-12(18-9)13(17)15-8-3-5-10(14)11(16)7-8/h3-7,16H,2H2,1H3,(H,15,17). The Kier molecular flexibility index (Phi) is 3.89. The Balaban J connectivity index is 2.13. The van der Waals surface area contributed by atoms with E-state index in [2.05, 4.69) is 5.32 Å². The largest absolute Gasteiger partial charge is 0.506 e. The van der Waals surface area contributed by atoms with Crippen LogP contribution in [0.1, 0.15) is 21.5 Å². The van der Waals surface area contributed by atoms with Gasteiger partial charge in [0.2, 0.25) is 0 Å². The van der Waals surface area contributed by atoms with Crippen molar-refractivity contribution in [2.75, 3.05) is 5.32 Å². The van der Waals surface area contributed by atoms with Crippen molar-refractivity contribution in [2.45, 2.75) is 13.3 Å². The maximum absolute atomic E-state index is 11.9. The van der Waals surface area contributed by atoms with Gasteiger partial charge in [0.05, 0.1) is 9.90 Å². The van der Waals surface area contributed by atoms with Crippen LogP contribution < -0.4 is 5.32 Å². The highest BCUT2D eigenvalue weighted by Gasteiger charge is 2.09. The van der Waals surface area contributed by atoms with E-state index in [9.17, 15) is 9.90 Å². The lowest BCUT2D eigenvalue weighted by Gasteiger charge is -2.04. The van der Waals surface area contributed by atoms with E-state index in [1.807, 2.05) is 13.0 Å². The highest BCUT2D eigenvalue weighted by Crippen LogP contribution is 2.27. The smallest absolute Gasteiger partial charge is 0.265 e. The number of anilines is 1. The van der Waals surface area contributed by atoms with Gasteiger partial charge >= 0.3 is 0 Å². The SMILES string of the molecule is CCc1ccc(C(=O)Nc2ccc(Cl)c(O)c2)s1. The lowest BCUT2D eigenvalue weighted by Crippen LogP contribution is -2.09. The van der Waals surface area contributed by atoms with E-state index in [1.54, 1.807) is 18.2 Å². The predicted molar refractivity (Wildman–Crippen MR) is 74.8 cm³/mol. The van der Waals surface area contributed by atoms with E-state index in [0.717, 1.165) is 6.42 Å². The zero-order chi connectivity index (χ0) is 13.1. The van der Waals surface area contributed by atoms with Gasteiger partial charge in [-0.05, 0) is 30.7 Å². The average molecular weight is 282 g/mol. The molecule has 0 bridgehead atoms. The summed E-state index contributed by atoms with van der Waals surface area (Å²) in [7, 11) is 0. The van der Waals surface area contributed by atoms with Crippen LogP contribution in [0, 0.1) is 0 Å². The Bertz CT molecular complexity index is 580. The van der Waals surface area contributed by atoms with Gasteiger partial charge in [-0.15, -0.1) is 11.3 Å². The molecule has 0 aliphatic heterocycles. The summed E-state index contributed by atoms with van der Waals surface area (Å²) in [5.41, 5.74) is 0.522. The lowest BCUT2D eigenvalue weighted by atomic mass is 10.3. The number of hydrogen-bond acceptors (Lipinski definition) is 3. The van der Waals surface area contributed by atoms with Crippen LogP contribution in [0.5, 0.6) is 5.75 Å². The summed E-state index contributed by atoms with van der Waals surface area (Å²) in [5, 5.41) is 12.4. The molecule has 0 saturated carbocycles. The van der Waals surface area contributed by atoms with Crippen LogP contribution in [-0.2, 0) is 6.42 Å². The molecule has 2 aromatic rings. The van der Waals surface area contributed by atoms with Crippen molar-refractivity contribution >= 4 is 34.5 Å². The van der Waals surface area contributed by atoms with Gasteiger partial charge in [0.1, 0.15) is 5.75 Å². The number of carbonyl (C=O) groups excluding carboxylic acids is 1. The van der Waals surface area contributed by atoms with Gasteiger partial charge in [-0.25, -0.2) is 0 Å². The van der Waals surface area contributed by atoms with Crippen molar-refractivity contribution in [3.8, 4) is 5.75 Å². The van der Waals surface area contributed by atoms with Crippen molar-refractivity contribution in [3.63, 3.8) is 0 Å². The van der Waals surface area contributed by atoms with Gasteiger partial charge in [-0.1, -0.05) is 18.5 Å². The molecule has 0 unspecified atom stereocenters. The molecular formula is C13H12ClNO2S. The number of thiophene rings is 1. The summed E-state index contributed by atoms with van der Waals surface area (Å²) in [5.74, 6) is -0.226. The number of hydrogen-bond donors (Lipinski definition) is 2. The van der Waals surface area contributed by atoms with E-state index in [0.29, 0.717) is 10.6 Å². The third-order valence-corrected chi connectivity index (χ3v) is 3.99. The molecule has 18 heavy (non-hydrogen) atoms. The Hall–Kier alpha value is -1.52. The van der Waals surface area contributed by atoms with E-state index in [4.69, 9.17) is 11.6 Å². The molecule has 1 heterocycles. The average Bonchev–Trinajstić information content (AvgIpc) is 2.82. The molecule has 0 atom stereocenters. The van der Waals surface area contributed by atoms with Gasteiger partial charge in [-0.3, -0.25) is 4.79 Å². The van der Waals surface area contributed by atoms with Crippen LogP contribution in [0.4, 0.5) is 5.69 Å². The minimum Gasteiger partial charge on any atom is -0.506 e. The number of phenols is 1. The zero-order valence-electron chi connectivity index (χ0n) is 9.74. The molecule has 0 saturated heterocycles. The molecule has 0 fully saturated rings. The molecular weight excluding hydrogens is 270 g/mol. The number of aromatic hydroxyl groups is 1. The Morgan fingerprint density at radius 3 is 2.78 bits per heavy atom. The van der Waals surface area contributed by atoms with Crippen LogP contribution >= 0.6 is 22.9 Å². The van der Waals surface area contributed by atoms with Crippen molar-refractivity contribution in [1.82, 2.24) is 0 Å². The van der Waals surface area contributed by atoms with Crippen molar-refractivity contribution in [3.05, 3.63) is 45.1 Å². The molecule has 0 aliphatic rings. The van der Waals surface area contributed by atoms with Crippen LogP contribution in [0.25, 0.3) is 0 Å². The number of halogens is 1. The monoisotopic (exact) mass is 281 g/mol. The second kappa shape index (κ2) is 5.42. The quantitative estimate of drug-likeness (QED) is 0.896. The molecule has 94 valence electrons. The number of carbonyl (C=O) groups is 1. The highest BCUT2D eigenvalue weighted by atomic mass is 35.5. The maximum Gasteiger partial charge on any atom is 0.265 e. The third kappa shape index (κ3) is 2.83. The lowest BCUT2D eigenvalue weighted by molar-refractivity contribution is 0.103. The number of rotatable bonds is 3. The number of amides is 1. The topological polar surface area (TPSA) is 49.3 Å². The Labute approximate surface area is 114 Å². The second-order valence-corrected chi connectivity index (χ2v) is 5.32. The van der Waals surface area contributed by atoms with Gasteiger partial charge in [0.15, 0.2) is 0 Å². The molecule has 2 rings (SSSR count). The number of benzene rings is 1. The van der Waals surface area contributed by atoms with Gasteiger partial charge in [-0.2, -0.15) is 0 Å². The van der Waals surface area contributed by atoms with Crippen molar-refractivity contribution in [1.29, 1.82) is 0 Å². The van der Waals surface area contributed by atoms with E-state index in [1.165, 1.54) is 22.3 Å². The first kappa shape index (κ1) is 12.9. The summed E-state index contributed by atoms with van der Waals surface area (Å²) < 4.78 is 0. The van der Waals surface area contributed by atoms with Crippen LogP contribution in [0.15, 0.2) is 30.3 Å². The molecule has 3 nitrogen and oxygen atoms in total. The summed E-state index contributed by atoms with van der Waals surface area (Å²) in [6.07, 6.45) is 0.916.